The van der Waals surface area contributed by atoms with E-state index < -0.39 is 6.29 Å². The van der Waals surface area contributed by atoms with Gasteiger partial charge in [0.05, 0.1) is 0 Å². The van der Waals surface area contributed by atoms with Crippen molar-refractivity contribution >= 4 is 28.3 Å². The maximum Gasteiger partial charge on any atom is 0.194 e. The zero-order chi connectivity index (χ0) is 10.6. The summed E-state index contributed by atoms with van der Waals surface area (Å²) in [6.45, 7) is 1.55. The summed E-state index contributed by atoms with van der Waals surface area (Å²) in [6, 6.07) is 7.18. The van der Waals surface area contributed by atoms with Crippen LogP contribution < -0.4 is 10.5 Å². The lowest BCUT2D eigenvalue weighted by atomic mass is 10.3. The average Bonchev–Trinajstić information content (AvgIpc) is 2.06. The first-order chi connectivity index (χ1) is 6.58. The van der Waals surface area contributed by atoms with Crippen molar-refractivity contribution in [1.82, 2.24) is 0 Å². The summed E-state index contributed by atoms with van der Waals surface area (Å²) < 4.78 is 5.44. The molecule has 14 heavy (non-hydrogen) atoms. The highest BCUT2D eigenvalue weighted by Crippen LogP contribution is 2.21. The SMILES string of the molecule is CC(O)Oc1ccc(SC(N)=S)cc1. The van der Waals surface area contributed by atoms with Gasteiger partial charge in [0, 0.05) is 4.90 Å². The van der Waals surface area contributed by atoms with Gasteiger partial charge in [0.2, 0.25) is 0 Å². The summed E-state index contributed by atoms with van der Waals surface area (Å²) in [7, 11) is 0. The number of benzene rings is 1. The molecule has 0 aromatic heterocycles. The van der Waals surface area contributed by atoms with Crippen LogP contribution in [0.3, 0.4) is 0 Å². The molecule has 0 fully saturated rings. The minimum Gasteiger partial charge on any atom is -0.465 e. The molecule has 1 unspecified atom stereocenters. The Labute approximate surface area is 92.3 Å². The van der Waals surface area contributed by atoms with E-state index in [1.165, 1.54) is 11.8 Å². The average molecular weight is 229 g/mol. The molecule has 0 saturated carbocycles. The van der Waals surface area contributed by atoms with Gasteiger partial charge in [-0.1, -0.05) is 24.0 Å². The molecule has 76 valence electrons. The van der Waals surface area contributed by atoms with Gasteiger partial charge in [0.15, 0.2) is 6.29 Å². The Morgan fingerprint density at radius 2 is 2.07 bits per heavy atom. The minimum atomic E-state index is -0.802. The lowest BCUT2D eigenvalue weighted by Crippen LogP contribution is -2.09. The Kier molecular flexibility index (Phi) is 4.19. The van der Waals surface area contributed by atoms with Gasteiger partial charge in [-0.3, -0.25) is 0 Å². The highest BCUT2D eigenvalue weighted by molar-refractivity contribution is 8.22. The van der Waals surface area contributed by atoms with Crippen LogP contribution in [0.15, 0.2) is 29.2 Å². The van der Waals surface area contributed by atoms with Crippen molar-refractivity contribution in [3.63, 3.8) is 0 Å². The number of nitrogens with two attached hydrogens (primary N) is 1. The Hall–Kier alpha value is -0.780. The van der Waals surface area contributed by atoms with Gasteiger partial charge in [-0.25, -0.2) is 0 Å². The van der Waals surface area contributed by atoms with Crippen LogP contribution in [0, 0.1) is 0 Å². The fourth-order valence-electron chi connectivity index (χ4n) is 0.899. The summed E-state index contributed by atoms with van der Waals surface area (Å²) in [4.78, 5) is 0.954. The van der Waals surface area contributed by atoms with Crippen molar-refractivity contribution in [2.24, 2.45) is 5.73 Å². The van der Waals surface area contributed by atoms with E-state index in [2.05, 4.69) is 0 Å². The van der Waals surface area contributed by atoms with Crippen LogP contribution in [0.4, 0.5) is 0 Å². The van der Waals surface area contributed by atoms with E-state index in [-0.39, 0.29) is 0 Å². The second kappa shape index (κ2) is 5.19. The van der Waals surface area contributed by atoms with E-state index in [1.807, 2.05) is 12.1 Å². The molecular formula is C9H11NO2S2. The molecular weight excluding hydrogens is 218 g/mol. The molecule has 0 aliphatic rings. The number of hydrogen-bond acceptors (Lipinski definition) is 4. The van der Waals surface area contributed by atoms with E-state index >= 15 is 0 Å². The summed E-state index contributed by atoms with van der Waals surface area (Å²) >= 11 is 6.07. The third-order valence-corrected chi connectivity index (χ3v) is 2.31. The monoisotopic (exact) mass is 229 g/mol. The van der Waals surface area contributed by atoms with Crippen LogP contribution in [0.1, 0.15) is 6.92 Å². The molecule has 0 heterocycles. The zero-order valence-electron chi connectivity index (χ0n) is 7.64. The number of aliphatic hydroxyl groups excluding tert-OH is 1. The summed E-state index contributed by atoms with van der Waals surface area (Å²) in [5.41, 5.74) is 5.37. The molecule has 0 aliphatic carbocycles. The van der Waals surface area contributed by atoms with Crippen molar-refractivity contribution in [3.05, 3.63) is 24.3 Å². The predicted octanol–water partition coefficient (Wildman–Crippen LogP) is 1.74. The van der Waals surface area contributed by atoms with Crippen LogP contribution >= 0.6 is 24.0 Å². The molecule has 3 N–H and O–H groups in total. The molecule has 0 radical (unpaired) electrons. The molecule has 0 amide bonds. The fraction of sp³-hybridized carbons (Fsp3) is 0.222. The fourth-order valence-corrected chi connectivity index (χ4v) is 1.69. The largest absolute Gasteiger partial charge is 0.465 e. The van der Waals surface area contributed by atoms with Crippen LogP contribution in [-0.2, 0) is 0 Å². The first-order valence-corrected chi connectivity index (χ1v) is 5.22. The van der Waals surface area contributed by atoms with Crippen LogP contribution in [0.25, 0.3) is 0 Å². The third kappa shape index (κ3) is 3.95. The molecule has 1 aromatic rings. The molecule has 1 rings (SSSR count). The van der Waals surface area contributed by atoms with Gasteiger partial charge in [-0.05, 0) is 31.2 Å². The van der Waals surface area contributed by atoms with E-state index in [9.17, 15) is 0 Å². The number of thioether (sulfide) groups is 1. The predicted molar refractivity (Wildman–Crippen MR) is 61.4 cm³/mol. The Morgan fingerprint density at radius 1 is 1.50 bits per heavy atom. The summed E-state index contributed by atoms with van der Waals surface area (Å²) in [5, 5.41) is 8.95. The summed E-state index contributed by atoms with van der Waals surface area (Å²) in [6.07, 6.45) is -0.802. The zero-order valence-corrected chi connectivity index (χ0v) is 9.27. The minimum absolute atomic E-state index is 0.384. The van der Waals surface area contributed by atoms with E-state index in [0.717, 1.165) is 4.90 Å². The Morgan fingerprint density at radius 3 is 2.50 bits per heavy atom. The number of thiocarbonyl (C=S) groups is 1. The highest BCUT2D eigenvalue weighted by Gasteiger charge is 1.99. The van der Waals surface area contributed by atoms with Gasteiger partial charge in [-0.2, -0.15) is 0 Å². The maximum atomic E-state index is 8.95. The third-order valence-electron chi connectivity index (χ3n) is 1.35. The van der Waals surface area contributed by atoms with Gasteiger partial charge in [-0.15, -0.1) is 0 Å². The van der Waals surface area contributed by atoms with Crippen molar-refractivity contribution in [2.75, 3.05) is 0 Å². The molecule has 0 aliphatic heterocycles. The van der Waals surface area contributed by atoms with Crippen molar-refractivity contribution < 1.29 is 9.84 Å². The van der Waals surface area contributed by atoms with Crippen LogP contribution in [-0.4, -0.2) is 15.7 Å². The number of rotatable bonds is 3. The highest BCUT2D eigenvalue weighted by atomic mass is 32.2. The van der Waals surface area contributed by atoms with Gasteiger partial charge >= 0.3 is 0 Å². The van der Waals surface area contributed by atoms with Crippen molar-refractivity contribution in [1.29, 1.82) is 0 Å². The van der Waals surface area contributed by atoms with Crippen molar-refractivity contribution in [2.45, 2.75) is 18.1 Å². The van der Waals surface area contributed by atoms with Gasteiger partial charge in [0.25, 0.3) is 0 Å². The second-order valence-electron chi connectivity index (χ2n) is 2.61. The molecule has 5 heteroatoms. The van der Waals surface area contributed by atoms with Gasteiger partial charge in [0.1, 0.15) is 10.1 Å². The first kappa shape index (κ1) is 11.3. The quantitative estimate of drug-likeness (QED) is 0.470. The lowest BCUT2D eigenvalue weighted by molar-refractivity contribution is -0.000323. The molecule has 0 bridgehead atoms. The molecule has 0 spiro atoms. The standard InChI is InChI=1S/C9H11NO2S2/c1-6(11)12-7-2-4-8(5-3-7)14-9(10)13/h2-6,11H,1H3,(H2,10,13). The van der Waals surface area contributed by atoms with E-state index in [1.54, 1.807) is 19.1 Å². The Bertz CT molecular complexity index is 311. The molecule has 1 atom stereocenters. The van der Waals surface area contributed by atoms with E-state index in [0.29, 0.717) is 10.1 Å². The van der Waals surface area contributed by atoms with Gasteiger partial charge < -0.3 is 15.6 Å². The first-order valence-electron chi connectivity index (χ1n) is 4.00. The molecule has 1 aromatic carbocycles. The Balaban J connectivity index is 2.63. The van der Waals surface area contributed by atoms with Crippen LogP contribution in [0.5, 0.6) is 5.75 Å². The summed E-state index contributed by atoms with van der Waals surface area (Å²) in [5.74, 6) is 0.618. The number of aliphatic hydroxyl groups is 1. The van der Waals surface area contributed by atoms with Crippen molar-refractivity contribution in [3.8, 4) is 5.75 Å². The second-order valence-corrected chi connectivity index (χ2v) is 4.42. The number of ether oxygens (including phenoxy) is 1. The smallest absolute Gasteiger partial charge is 0.194 e. The van der Waals surface area contributed by atoms with Crippen LogP contribution in [0.2, 0.25) is 0 Å². The van der Waals surface area contributed by atoms with E-state index in [4.69, 9.17) is 27.8 Å². The maximum absolute atomic E-state index is 8.95. The number of hydrogen-bond donors (Lipinski definition) is 2. The topological polar surface area (TPSA) is 55.5 Å². The normalized spacial score (nSPS) is 12.1. The molecule has 0 saturated heterocycles. The molecule has 3 nitrogen and oxygen atoms in total. The lowest BCUT2D eigenvalue weighted by Gasteiger charge is -2.08.